The molecule has 2 aromatic carbocycles. The smallest absolute Gasteiger partial charge is 0.335 e. The summed E-state index contributed by atoms with van der Waals surface area (Å²) in [6, 6.07) is 15.5. The lowest BCUT2D eigenvalue weighted by atomic mass is 10.0. The molecule has 1 aliphatic carbocycles. The van der Waals surface area contributed by atoms with Crippen LogP contribution in [0.2, 0.25) is 0 Å². The number of aromatic nitrogens is 3. The molecular formula is C23H25N5O4S. The van der Waals surface area contributed by atoms with Gasteiger partial charge in [-0.25, -0.2) is 9.97 Å². The zero-order chi connectivity index (χ0) is 23.2. The van der Waals surface area contributed by atoms with Gasteiger partial charge < -0.3 is 15.0 Å². The summed E-state index contributed by atoms with van der Waals surface area (Å²) < 4.78 is 35.2. The first kappa shape index (κ1) is 21.8. The molecule has 10 heteroatoms. The minimum atomic E-state index is -4.38. The molecule has 1 aliphatic rings. The third-order valence-electron chi connectivity index (χ3n) is 6.53. The van der Waals surface area contributed by atoms with Crippen molar-refractivity contribution in [3.05, 3.63) is 66.6 Å². The van der Waals surface area contributed by atoms with E-state index in [1.165, 1.54) is 24.1 Å². The summed E-state index contributed by atoms with van der Waals surface area (Å²) in [5, 5.41) is 17.1. The Morgan fingerprint density at radius 3 is 2.70 bits per heavy atom. The van der Waals surface area contributed by atoms with Crippen LogP contribution in [0.25, 0.3) is 21.8 Å². The number of anilines is 1. The van der Waals surface area contributed by atoms with Gasteiger partial charge in [0.15, 0.2) is 0 Å². The van der Waals surface area contributed by atoms with Crippen LogP contribution in [0.4, 0.5) is 5.82 Å². The Balaban J connectivity index is 1.40. The van der Waals surface area contributed by atoms with E-state index in [1.54, 1.807) is 0 Å². The molecule has 172 valence electrons. The largest absolute Gasteiger partial charge is 0.391 e. The number of fused-ring (bicyclic) bond motifs is 2. The predicted molar refractivity (Wildman–Crippen MR) is 126 cm³/mol. The van der Waals surface area contributed by atoms with Crippen molar-refractivity contribution in [2.75, 3.05) is 12.4 Å². The Kier molecular flexibility index (Phi) is 5.53. The Morgan fingerprint density at radius 1 is 1.09 bits per heavy atom. The molecular weight excluding hydrogens is 442 g/mol. The summed E-state index contributed by atoms with van der Waals surface area (Å²) in [5.74, 6) is 0.705. The second kappa shape index (κ2) is 8.38. The lowest BCUT2D eigenvalue weighted by Gasteiger charge is -2.23. The van der Waals surface area contributed by atoms with Gasteiger partial charge in [0.05, 0.1) is 17.5 Å². The van der Waals surface area contributed by atoms with Gasteiger partial charge in [-0.1, -0.05) is 42.5 Å². The fourth-order valence-electron chi connectivity index (χ4n) is 4.79. The van der Waals surface area contributed by atoms with Crippen LogP contribution in [-0.2, 0) is 16.8 Å². The van der Waals surface area contributed by atoms with Crippen LogP contribution < -0.4 is 5.32 Å². The molecule has 4 aromatic rings. The monoisotopic (exact) mass is 467 g/mol. The first-order valence-corrected chi connectivity index (χ1v) is 12.1. The van der Waals surface area contributed by atoms with Gasteiger partial charge in [-0.3, -0.25) is 4.55 Å². The summed E-state index contributed by atoms with van der Waals surface area (Å²) in [6.45, 7) is 0.599. The van der Waals surface area contributed by atoms with Crippen LogP contribution in [0.5, 0.6) is 0 Å². The van der Waals surface area contributed by atoms with Crippen LogP contribution >= 0.6 is 0 Å². The molecule has 0 bridgehead atoms. The first-order chi connectivity index (χ1) is 15.8. The van der Waals surface area contributed by atoms with Crippen LogP contribution in [0.15, 0.2) is 61.1 Å². The minimum absolute atomic E-state index is 0.160. The predicted octanol–water partition coefficient (Wildman–Crippen LogP) is 3.00. The second-order valence-corrected chi connectivity index (χ2v) is 9.90. The van der Waals surface area contributed by atoms with Crippen LogP contribution in [0.3, 0.4) is 0 Å². The average Bonchev–Trinajstić information content (AvgIpc) is 3.40. The number of aliphatic hydroxyl groups excluding tert-OH is 1. The third kappa shape index (κ3) is 4.06. The van der Waals surface area contributed by atoms with Crippen LogP contribution in [-0.4, -0.2) is 56.1 Å². The lowest BCUT2D eigenvalue weighted by Crippen LogP contribution is -2.41. The van der Waals surface area contributed by atoms with Gasteiger partial charge in [0.25, 0.3) is 0 Å². The SMILES string of the molecule is CN([C@H]1C[C@@H](n2ccc3c(NCc4cccc5ccccc45)ncnc32)C[C@@H]1O)S(=O)(=O)O. The average molecular weight is 468 g/mol. The first-order valence-electron chi connectivity index (χ1n) is 10.7. The highest BCUT2D eigenvalue weighted by Crippen LogP contribution is 2.36. The summed E-state index contributed by atoms with van der Waals surface area (Å²) in [7, 11) is -3.11. The number of nitrogens with one attached hydrogen (secondary N) is 1. The van der Waals surface area contributed by atoms with E-state index < -0.39 is 22.4 Å². The topological polar surface area (TPSA) is 121 Å². The van der Waals surface area contributed by atoms with E-state index in [9.17, 15) is 18.1 Å². The number of likely N-dealkylation sites (N-methyl/N-ethyl adjacent to an activating group) is 1. The molecule has 1 fully saturated rings. The molecule has 0 aliphatic heterocycles. The van der Waals surface area contributed by atoms with Crippen LogP contribution in [0, 0.1) is 0 Å². The molecule has 0 saturated heterocycles. The van der Waals surface area contributed by atoms with Crippen molar-refractivity contribution in [2.45, 2.75) is 37.6 Å². The maximum atomic E-state index is 11.5. The Bertz CT molecular complexity index is 1420. The fourth-order valence-corrected chi connectivity index (χ4v) is 5.36. The highest BCUT2D eigenvalue weighted by Gasteiger charge is 2.40. The van der Waals surface area contributed by atoms with E-state index in [0.29, 0.717) is 30.9 Å². The molecule has 33 heavy (non-hydrogen) atoms. The highest BCUT2D eigenvalue weighted by atomic mass is 32.2. The molecule has 2 heterocycles. The van der Waals surface area contributed by atoms with Gasteiger partial charge in [-0.05, 0) is 35.2 Å². The second-order valence-electron chi connectivity index (χ2n) is 8.43. The van der Waals surface area contributed by atoms with Crippen molar-refractivity contribution in [1.29, 1.82) is 0 Å². The van der Waals surface area contributed by atoms with Crippen molar-refractivity contribution in [3.8, 4) is 0 Å². The maximum Gasteiger partial charge on any atom is 0.335 e. The summed E-state index contributed by atoms with van der Waals surface area (Å²) in [4.78, 5) is 8.87. The van der Waals surface area contributed by atoms with Gasteiger partial charge in [0.2, 0.25) is 0 Å². The molecule has 0 unspecified atom stereocenters. The van der Waals surface area contributed by atoms with Crippen molar-refractivity contribution < 1.29 is 18.1 Å². The zero-order valence-electron chi connectivity index (χ0n) is 18.0. The molecule has 5 rings (SSSR count). The molecule has 0 amide bonds. The highest BCUT2D eigenvalue weighted by molar-refractivity contribution is 7.83. The van der Waals surface area contributed by atoms with Crippen molar-refractivity contribution >= 4 is 37.9 Å². The van der Waals surface area contributed by atoms with Gasteiger partial charge in [-0.15, -0.1) is 0 Å². The Morgan fingerprint density at radius 2 is 1.88 bits per heavy atom. The summed E-state index contributed by atoms with van der Waals surface area (Å²) >= 11 is 0. The Hall–Kier alpha value is -3.05. The van der Waals surface area contributed by atoms with Crippen molar-refractivity contribution in [1.82, 2.24) is 18.8 Å². The van der Waals surface area contributed by atoms with Crippen molar-refractivity contribution in [3.63, 3.8) is 0 Å². The van der Waals surface area contributed by atoms with Gasteiger partial charge in [0.1, 0.15) is 17.8 Å². The van der Waals surface area contributed by atoms with Crippen LogP contribution in [0.1, 0.15) is 24.4 Å². The van der Waals surface area contributed by atoms with E-state index in [1.807, 2.05) is 35.0 Å². The number of rotatable bonds is 6. The number of hydrogen-bond donors (Lipinski definition) is 3. The molecule has 0 radical (unpaired) electrons. The van der Waals surface area contributed by atoms with E-state index in [0.717, 1.165) is 15.3 Å². The quantitative estimate of drug-likeness (QED) is 0.373. The number of aliphatic hydroxyl groups is 1. The third-order valence-corrected chi connectivity index (χ3v) is 7.53. The lowest BCUT2D eigenvalue weighted by molar-refractivity contribution is 0.117. The minimum Gasteiger partial charge on any atom is -0.391 e. The molecule has 2 aromatic heterocycles. The van der Waals surface area contributed by atoms with Crippen molar-refractivity contribution in [2.24, 2.45) is 0 Å². The van der Waals surface area contributed by atoms with Gasteiger partial charge >= 0.3 is 10.3 Å². The molecule has 0 spiro atoms. The van der Waals surface area contributed by atoms with E-state index in [2.05, 4.69) is 39.6 Å². The van der Waals surface area contributed by atoms with E-state index in [-0.39, 0.29) is 6.04 Å². The maximum absolute atomic E-state index is 11.5. The fraction of sp³-hybridized carbons (Fsp3) is 0.304. The Labute approximate surface area is 191 Å². The molecule has 3 N–H and O–H groups in total. The van der Waals surface area contributed by atoms with Gasteiger partial charge in [-0.2, -0.15) is 12.7 Å². The number of hydrogen-bond acceptors (Lipinski definition) is 6. The summed E-state index contributed by atoms with van der Waals surface area (Å²) in [6.07, 6.45) is 3.22. The zero-order valence-corrected chi connectivity index (χ0v) is 18.9. The summed E-state index contributed by atoms with van der Waals surface area (Å²) in [5.41, 5.74) is 1.87. The van der Waals surface area contributed by atoms with Gasteiger partial charge in [0, 0.05) is 25.8 Å². The molecule has 9 nitrogen and oxygen atoms in total. The normalized spacial score (nSPS) is 21.3. The number of nitrogens with zero attached hydrogens (tertiary/aromatic N) is 4. The molecule has 3 atom stereocenters. The number of benzene rings is 2. The molecule has 1 saturated carbocycles. The van der Waals surface area contributed by atoms with E-state index >= 15 is 0 Å². The van der Waals surface area contributed by atoms with E-state index in [4.69, 9.17) is 0 Å². The standard InChI is InChI=1S/C23H25N5O4S/c1-27(33(30,31)32)20-11-17(12-21(20)29)28-10-9-19-22(25-14-26-23(19)28)24-13-16-7-4-6-15-5-2-3-8-18(15)16/h2-10,14,17,20-21,29H,11-13H2,1H3,(H,24,25,26)(H,30,31,32)/t17-,20+,21+/m1/s1.